The van der Waals surface area contributed by atoms with Gasteiger partial charge in [-0.15, -0.1) is 0 Å². The Labute approximate surface area is 126 Å². The van der Waals surface area contributed by atoms with E-state index in [0.29, 0.717) is 25.1 Å². The summed E-state index contributed by atoms with van der Waals surface area (Å²) in [7, 11) is 0.698. The second kappa shape index (κ2) is 5.88. The quantitative estimate of drug-likeness (QED) is 0.797. The Morgan fingerprint density at radius 1 is 1.43 bits per heavy atom. The van der Waals surface area contributed by atoms with Gasteiger partial charge >= 0.3 is 0 Å². The molecule has 1 heterocycles. The van der Waals surface area contributed by atoms with Crippen molar-refractivity contribution in [2.24, 2.45) is 5.92 Å². The average Bonchev–Trinajstić information content (AvgIpc) is 2.85. The van der Waals surface area contributed by atoms with Crippen molar-refractivity contribution in [1.82, 2.24) is 4.90 Å². The summed E-state index contributed by atoms with van der Waals surface area (Å²) in [5, 5.41) is 0. The molecule has 0 bridgehead atoms. The molecule has 0 N–H and O–H groups in total. The van der Waals surface area contributed by atoms with Crippen molar-refractivity contribution in [3.63, 3.8) is 0 Å². The van der Waals surface area contributed by atoms with Gasteiger partial charge in [0.05, 0.1) is 0 Å². The van der Waals surface area contributed by atoms with Gasteiger partial charge in [0.15, 0.2) is 5.82 Å². The maximum atomic E-state index is 14.2. The van der Waals surface area contributed by atoms with Gasteiger partial charge in [-0.1, -0.05) is 13.3 Å². The van der Waals surface area contributed by atoms with Gasteiger partial charge in [0.1, 0.15) is 16.3 Å². The summed E-state index contributed by atoms with van der Waals surface area (Å²) in [5.41, 5.74) is -0.867. The van der Waals surface area contributed by atoms with Crippen LogP contribution in [0.3, 0.4) is 0 Å². The molecule has 116 valence electrons. The van der Waals surface area contributed by atoms with Gasteiger partial charge in [-0.25, -0.2) is 17.2 Å². The molecular formula is C13H14ClF2NO3S. The summed E-state index contributed by atoms with van der Waals surface area (Å²) in [4.78, 5) is 12.7. The van der Waals surface area contributed by atoms with Crippen LogP contribution >= 0.6 is 10.7 Å². The number of rotatable bonds is 3. The number of hydrogen-bond donors (Lipinski definition) is 0. The molecule has 21 heavy (non-hydrogen) atoms. The van der Waals surface area contributed by atoms with Gasteiger partial charge in [0.25, 0.3) is 15.0 Å². The Morgan fingerprint density at radius 2 is 2.10 bits per heavy atom. The smallest absolute Gasteiger partial charge is 0.264 e. The minimum atomic E-state index is -4.39. The number of hydrogen-bond acceptors (Lipinski definition) is 3. The second-order valence-corrected chi connectivity index (χ2v) is 7.52. The fraction of sp³-hybridized carbons (Fsp3) is 0.462. The van der Waals surface area contributed by atoms with Crippen LogP contribution in [0, 0.1) is 17.6 Å². The zero-order valence-corrected chi connectivity index (χ0v) is 12.8. The van der Waals surface area contributed by atoms with Gasteiger partial charge in [0.2, 0.25) is 0 Å². The van der Waals surface area contributed by atoms with Gasteiger partial charge in [-0.05, 0) is 24.5 Å². The maximum Gasteiger partial charge on any atom is 0.264 e. The molecule has 0 spiro atoms. The highest BCUT2D eigenvalue weighted by Gasteiger charge is 2.32. The lowest BCUT2D eigenvalue weighted by Crippen LogP contribution is -2.30. The molecule has 0 aliphatic carbocycles. The van der Waals surface area contributed by atoms with Crippen molar-refractivity contribution in [3.8, 4) is 0 Å². The number of amides is 1. The molecule has 1 unspecified atom stereocenters. The predicted octanol–water partition coefficient (Wildman–Crippen LogP) is 2.76. The van der Waals surface area contributed by atoms with Gasteiger partial charge in [-0.3, -0.25) is 4.79 Å². The first-order valence-electron chi connectivity index (χ1n) is 6.47. The van der Waals surface area contributed by atoms with E-state index in [4.69, 9.17) is 10.7 Å². The van der Waals surface area contributed by atoms with E-state index in [1.807, 2.05) is 6.92 Å². The standard InChI is InChI=1S/C13H14ClF2NO3S/c1-2-8-5-6-17(7-8)13(18)11-9(15)3-4-10(12(11)16)21(14,19)20/h3-4,8H,2,5-7H2,1H3. The molecule has 1 aliphatic heterocycles. The summed E-state index contributed by atoms with van der Waals surface area (Å²) in [6, 6.07) is 1.45. The van der Waals surface area contributed by atoms with E-state index in [1.54, 1.807) is 0 Å². The van der Waals surface area contributed by atoms with Crippen molar-refractivity contribution in [2.45, 2.75) is 24.7 Å². The lowest BCUT2D eigenvalue weighted by molar-refractivity contribution is 0.0776. The van der Waals surface area contributed by atoms with Crippen molar-refractivity contribution >= 4 is 25.6 Å². The highest BCUT2D eigenvalue weighted by Crippen LogP contribution is 2.27. The van der Waals surface area contributed by atoms with Crippen LogP contribution in [0.15, 0.2) is 17.0 Å². The molecule has 1 aromatic carbocycles. The van der Waals surface area contributed by atoms with E-state index in [0.717, 1.165) is 18.9 Å². The number of nitrogens with zero attached hydrogens (tertiary/aromatic N) is 1. The maximum absolute atomic E-state index is 14.2. The molecule has 1 fully saturated rings. The van der Waals surface area contributed by atoms with E-state index >= 15 is 0 Å². The number of halogens is 3. The first-order chi connectivity index (χ1) is 9.75. The van der Waals surface area contributed by atoms with Crippen LogP contribution in [-0.4, -0.2) is 32.3 Å². The Balaban J connectivity index is 2.42. The van der Waals surface area contributed by atoms with Crippen molar-refractivity contribution in [2.75, 3.05) is 13.1 Å². The van der Waals surface area contributed by atoms with E-state index in [-0.39, 0.29) is 0 Å². The number of carbonyl (C=O) groups excluding carboxylic acids is 1. The number of carbonyl (C=O) groups is 1. The number of likely N-dealkylation sites (tertiary alicyclic amines) is 1. The summed E-state index contributed by atoms with van der Waals surface area (Å²) >= 11 is 0. The van der Waals surface area contributed by atoms with E-state index in [1.165, 1.54) is 4.90 Å². The third-order valence-electron chi connectivity index (χ3n) is 3.68. The molecule has 0 saturated carbocycles. The summed E-state index contributed by atoms with van der Waals surface area (Å²) in [6.07, 6.45) is 1.63. The Morgan fingerprint density at radius 3 is 2.62 bits per heavy atom. The largest absolute Gasteiger partial charge is 0.338 e. The Hall–Kier alpha value is -1.21. The zero-order valence-electron chi connectivity index (χ0n) is 11.3. The first kappa shape index (κ1) is 16.2. The first-order valence-corrected chi connectivity index (χ1v) is 8.78. The third-order valence-corrected chi connectivity index (χ3v) is 5.02. The van der Waals surface area contributed by atoms with Crippen molar-refractivity contribution in [3.05, 3.63) is 29.3 Å². The minimum absolute atomic E-state index is 0.292. The molecule has 1 aliphatic rings. The minimum Gasteiger partial charge on any atom is -0.338 e. The summed E-state index contributed by atoms with van der Waals surface area (Å²) in [5.74, 6) is -3.08. The highest BCUT2D eigenvalue weighted by atomic mass is 35.7. The fourth-order valence-electron chi connectivity index (χ4n) is 2.43. The fourth-order valence-corrected chi connectivity index (χ4v) is 3.33. The molecule has 1 atom stereocenters. The normalized spacial score (nSPS) is 19.0. The topological polar surface area (TPSA) is 54.5 Å². The van der Waals surface area contributed by atoms with Crippen molar-refractivity contribution in [1.29, 1.82) is 0 Å². The summed E-state index contributed by atoms with van der Waals surface area (Å²) < 4.78 is 50.4. The SMILES string of the molecule is CCC1CCN(C(=O)c2c(F)ccc(S(=O)(=O)Cl)c2F)C1. The predicted molar refractivity (Wildman–Crippen MR) is 73.7 cm³/mol. The monoisotopic (exact) mass is 337 g/mol. The highest BCUT2D eigenvalue weighted by molar-refractivity contribution is 8.13. The van der Waals surface area contributed by atoms with Gasteiger partial charge in [-0.2, -0.15) is 0 Å². The van der Waals surface area contributed by atoms with Crippen LogP contribution in [0.25, 0.3) is 0 Å². The molecule has 8 heteroatoms. The van der Waals surface area contributed by atoms with Crippen LogP contribution in [-0.2, 0) is 9.05 Å². The van der Waals surface area contributed by atoms with Crippen LogP contribution in [0.4, 0.5) is 8.78 Å². The van der Waals surface area contributed by atoms with Crippen LogP contribution in [0.1, 0.15) is 30.1 Å². The van der Waals surface area contributed by atoms with Gasteiger partial charge in [0, 0.05) is 23.8 Å². The van der Waals surface area contributed by atoms with Crippen molar-refractivity contribution < 1.29 is 22.0 Å². The Kier molecular flexibility index (Phi) is 4.53. The van der Waals surface area contributed by atoms with E-state index in [9.17, 15) is 22.0 Å². The van der Waals surface area contributed by atoms with E-state index in [2.05, 4.69) is 0 Å². The third kappa shape index (κ3) is 3.18. The zero-order chi connectivity index (χ0) is 15.8. The molecule has 2 rings (SSSR count). The molecule has 1 amide bonds. The molecule has 0 radical (unpaired) electrons. The van der Waals surface area contributed by atoms with Crippen LogP contribution < -0.4 is 0 Å². The lowest BCUT2D eigenvalue weighted by Gasteiger charge is -2.17. The summed E-state index contributed by atoms with van der Waals surface area (Å²) in [6.45, 7) is 2.78. The molecular weight excluding hydrogens is 324 g/mol. The molecule has 1 saturated heterocycles. The van der Waals surface area contributed by atoms with E-state index < -0.39 is 37.1 Å². The molecule has 0 aromatic heterocycles. The van der Waals surface area contributed by atoms with Gasteiger partial charge < -0.3 is 4.90 Å². The second-order valence-electron chi connectivity index (χ2n) is 4.99. The Bertz CT molecular complexity index is 678. The molecule has 1 aromatic rings. The van der Waals surface area contributed by atoms with Crippen LogP contribution in [0.2, 0.25) is 0 Å². The molecule has 4 nitrogen and oxygen atoms in total. The van der Waals surface area contributed by atoms with Crippen LogP contribution in [0.5, 0.6) is 0 Å². The number of benzene rings is 1. The average molecular weight is 338 g/mol. The lowest BCUT2D eigenvalue weighted by atomic mass is 10.1.